The van der Waals surface area contributed by atoms with E-state index in [2.05, 4.69) is 10.3 Å². The molecule has 8 nitrogen and oxygen atoms in total. The van der Waals surface area contributed by atoms with Crippen molar-refractivity contribution < 1.29 is 23.8 Å². The third kappa shape index (κ3) is 3.54. The second kappa shape index (κ2) is 6.61. The molecule has 1 aromatic heterocycles. The quantitative estimate of drug-likeness (QED) is 0.738. The van der Waals surface area contributed by atoms with Crippen molar-refractivity contribution in [3.8, 4) is 5.75 Å². The number of methoxy groups -OCH3 is 1. The fourth-order valence-electron chi connectivity index (χ4n) is 2.04. The lowest BCUT2D eigenvalue weighted by molar-refractivity contribution is 0.0992. The number of nitrogens with one attached hydrogen (secondary N) is 1. The van der Waals surface area contributed by atoms with Crippen LogP contribution in [0.2, 0.25) is 0 Å². The van der Waals surface area contributed by atoms with Gasteiger partial charge in [-0.05, 0) is 17.7 Å². The van der Waals surface area contributed by atoms with Gasteiger partial charge in [0.15, 0.2) is 17.8 Å². The lowest BCUT2D eigenvalue weighted by Crippen LogP contribution is -2.30. The highest BCUT2D eigenvalue weighted by molar-refractivity contribution is 5.91. The molecule has 0 bridgehead atoms. The predicted molar refractivity (Wildman–Crippen MR) is 75.6 cm³/mol. The smallest absolute Gasteiger partial charge is 0.405 e. The number of primary amides is 1. The molecule has 0 unspecified atom stereocenters. The summed E-state index contributed by atoms with van der Waals surface area (Å²) in [4.78, 5) is 26.0. The van der Waals surface area contributed by atoms with Crippen molar-refractivity contribution in [2.75, 3.05) is 7.11 Å². The van der Waals surface area contributed by atoms with Crippen LogP contribution >= 0.6 is 0 Å². The van der Waals surface area contributed by atoms with Crippen LogP contribution in [0.3, 0.4) is 0 Å². The molecule has 0 saturated heterocycles. The maximum absolute atomic E-state index is 11.3. The Balaban J connectivity index is 2.27. The summed E-state index contributed by atoms with van der Waals surface area (Å²) < 4.78 is 10.2. The minimum Gasteiger partial charge on any atom is -0.497 e. The van der Waals surface area contributed by atoms with Gasteiger partial charge in [-0.2, -0.15) is 0 Å². The summed E-state index contributed by atoms with van der Waals surface area (Å²) in [5, 5.41) is 11.3. The van der Waals surface area contributed by atoms with Gasteiger partial charge in [0, 0.05) is 6.42 Å². The van der Waals surface area contributed by atoms with Crippen molar-refractivity contribution in [3.05, 3.63) is 47.7 Å². The zero-order chi connectivity index (χ0) is 16.1. The average molecular weight is 305 g/mol. The molecule has 0 spiro atoms. The number of aromatic nitrogens is 1. The fourth-order valence-corrected chi connectivity index (χ4v) is 2.04. The first-order valence-corrected chi connectivity index (χ1v) is 6.37. The minimum absolute atomic E-state index is 0.0886. The number of hydrogen-bond acceptors (Lipinski definition) is 5. The van der Waals surface area contributed by atoms with Gasteiger partial charge in [-0.15, -0.1) is 0 Å². The van der Waals surface area contributed by atoms with Gasteiger partial charge in [0.1, 0.15) is 5.75 Å². The molecule has 1 aromatic carbocycles. The van der Waals surface area contributed by atoms with E-state index in [9.17, 15) is 9.59 Å². The van der Waals surface area contributed by atoms with Gasteiger partial charge >= 0.3 is 6.09 Å². The van der Waals surface area contributed by atoms with E-state index in [1.807, 2.05) is 0 Å². The normalized spacial score (nSPS) is 11.7. The number of nitrogens with zero attached hydrogens (tertiary/aromatic N) is 1. The van der Waals surface area contributed by atoms with Gasteiger partial charge < -0.3 is 25.3 Å². The molecular formula is C14H15N3O5. The van der Waals surface area contributed by atoms with Crippen LogP contribution in [-0.2, 0) is 6.42 Å². The van der Waals surface area contributed by atoms with Gasteiger partial charge in [-0.25, -0.2) is 9.78 Å². The first kappa shape index (κ1) is 15.4. The number of carbonyl (C=O) groups excluding carboxylic acids is 1. The molecular weight excluding hydrogens is 290 g/mol. The summed E-state index contributed by atoms with van der Waals surface area (Å²) in [7, 11) is 1.55. The first-order chi connectivity index (χ1) is 10.5. The Bertz CT molecular complexity index is 665. The third-order valence-electron chi connectivity index (χ3n) is 3.04. The van der Waals surface area contributed by atoms with Crippen molar-refractivity contribution in [2.24, 2.45) is 5.73 Å². The van der Waals surface area contributed by atoms with Gasteiger partial charge in [0.2, 0.25) is 0 Å². The van der Waals surface area contributed by atoms with Crippen molar-refractivity contribution in [1.29, 1.82) is 0 Å². The molecule has 0 aliphatic carbocycles. The SMILES string of the molecule is COc1ccc(C[C@H](NC(=O)O)c2ocnc2C(N)=O)cc1. The standard InChI is InChI=1S/C14H15N3O5/c1-21-9-4-2-8(3-5-9)6-10(17-14(19)20)12-11(13(15)18)16-7-22-12/h2-5,7,10,17H,6H2,1H3,(H2,15,18)(H,19,20)/t10-/m0/s1. The monoisotopic (exact) mass is 305 g/mol. The highest BCUT2D eigenvalue weighted by Gasteiger charge is 2.25. The zero-order valence-corrected chi connectivity index (χ0v) is 11.8. The highest BCUT2D eigenvalue weighted by Crippen LogP contribution is 2.23. The Morgan fingerprint density at radius 3 is 2.64 bits per heavy atom. The largest absolute Gasteiger partial charge is 0.497 e. The van der Waals surface area contributed by atoms with E-state index in [0.717, 1.165) is 12.0 Å². The molecule has 4 N–H and O–H groups in total. The van der Waals surface area contributed by atoms with Crippen LogP contribution in [0.15, 0.2) is 35.1 Å². The zero-order valence-electron chi connectivity index (χ0n) is 11.8. The Hall–Kier alpha value is -3.03. The van der Waals surface area contributed by atoms with Crippen molar-refractivity contribution >= 4 is 12.0 Å². The Labute approximate surface area is 125 Å². The maximum Gasteiger partial charge on any atom is 0.405 e. The van der Waals surface area contributed by atoms with E-state index in [0.29, 0.717) is 5.75 Å². The molecule has 1 atom stereocenters. The van der Waals surface area contributed by atoms with E-state index >= 15 is 0 Å². The maximum atomic E-state index is 11.3. The van der Waals surface area contributed by atoms with Crippen LogP contribution in [0.1, 0.15) is 27.9 Å². The lowest BCUT2D eigenvalue weighted by atomic mass is 10.0. The summed E-state index contributed by atoms with van der Waals surface area (Å²) in [6.07, 6.45) is 0.0801. The van der Waals surface area contributed by atoms with Crippen molar-refractivity contribution in [1.82, 2.24) is 10.3 Å². The second-order valence-electron chi connectivity index (χ2n) is 4.48. The van der Waals surface area contributed by atoms with Crippen molar-refractivity contribution in [2.45, 2.75) is 12.5 Å². The van der Waals surface area contributed by atoms with Crippen LogP contribution in [0.4, 0.5) is 4.79 Å². The molecule has 116 valence electrons. The molecule has 2 amide bonds. The van der Waals surface area contributed by atoms with E-state index in [1.165, 1.54) is 0 Å². The lowest BCUT2D eigenvalue weighted by Gasteiger charge is -2.15. The molecule has 0 fully saturated rings. The number of benzene rings is 1. The van der Waals surface area contributed by atoms with E-state index in [1.54, 1.807) is 31.4 Å². The summed E-state index contributed by atoms with van der Waals surface area (Å²) in [5.41, 5.74) is 5.94. The van der Waals surface area contributed by atoms with Crippen LogP contribution in [-0.4, -0.2) is 29.2 Å². The summed E-state index contributed by atoms with van der Waals surface area (Å²) in [6.45, 7) is 0. The molecule has 8 heteroatoms. The number of oxazole rings is 1. The molecule has 2 rings (SSSR count). The van der Waals surface area contributed by atoms with Crippen LogP contribution in [0, 0.1) is 0 Å². The number of ether oxygens (including phenoxy) is 1. The van der Waals surface area contributed by atoms with Gasteiger partial charge in [-0.1, -0.05) is 12.1 Å². The third-order valence-corrected chi connectivity index (χ3v) is 3.04. The Kier molecular flexibility index (Phi) is 4.62. The number of carboxylic acid groups (broad SMARTS) is 1. The number of nitrogens with two attached hydrogens (primary N) is 1. The summed E-state index contributed by atoms with van der Waals surface area (Å²) in [5.74, 6) is -0.00892. The topological polar surface area (TPSA) is 128 Å². The van der Waals surface area contributed by atoms with Crippen LogP contribution < -0.4 is 15.8 Å². The Morgan fingerprint density at radius 1 is 1.41 bits per heavy atom. The molecule has 2 aromatic rings. The van der Waals surface area contributed by atoms with Crippen molar-refractivity contribution in [3.63, 3.8) is 0 Å². The number of hydrogen-bond donors (Lipinski definition) is 3. The average Bonchev–Trinajstić information content (AvgIpc) is 2.96. The number of rotatable bonds is 6. The van der Waals surface area contributed by atoms with E-state index < -0.39 is 18.0 Å². The predicted octanol–water partition coefficient (Wildman–Crippen LogP) is 1.33. The van der Waals surface area contributed by atoms with E-state index in [4.69, 9.17) is 20.0 Å². The molecule has 22 heavy (non-hydrogen) atoms. The highest BCUT2D eigenvalue weighted by atomic mass is 16.5. The Morgan fingerprint density at radius 2 is 2.09 bits per heavy atom. The number of carbonyl (C=O) groups is 2. The molecule has 1 heterocycles. The van der Waals surface area contributed by atoms with Gasteiger partial charge in [0.25, 0.3) is 5.91 Å². The molecule has 0 aliphatic rings. The first-order valence-electron chi connectivity index (χ1n) is 6.37. The van der Waals surface area contributed by atoms with Gasteiger partial charge in [0.05, 0.1) is 13.2 Å². The minimum atomic E-state index is -1.25. The summed E-state index contributed by atoms with van der Waals surface area (Å²) >= 11 is 0. The van der Waals surface area contributed by atoms with Crippen LogP contribution in [0.5, 0.6) is 5.75 Å². The molecule has 0 aliphatic heterocycles. The summed E-state index contributed by atoms with van der Waals surface area (Å²) in [6, 6.07) is 6.30. The van der Waals surface area contributed by atoms with Crippen LogP contribution in [0.25, 0.3) is 0 Å². The molecule has 0 radical (unpaired) electrons. The van der Waals surface area contributed by atoms with Gasteiger partial charge in [-0.3, -0.25) is 4.79 Å². The molecule has 0 saturated carbocycles. The second-order valence-corrected chi connectivity index (χ2v) is 4.48. The van der Waals surface area contributed by atoms with E-state index in [-0.39, 0.29) is 17.9 Å². The fraction of sp³-hybridized carbons (Fsp3) is 0.214. The number of amides is 2.